The van der Waals surface area contributed by atoms with Crippen molar-refractivity contribution in [2.45, 2.75) is 23.4 Å². The predicted octanol–water partition coefficient (Wildman–Crippen LogP) is 4.95. The van der Waals surface area contributed by atoms with E-state index in [1.807, 2.05) is 0 Å². The Hall–Kier alpha value is -3.27. The summed E-state index contributed by atoms with van der Waals surface area (Å²) in [5, 5.41) is 2.28. The highest BCUT2D eigenvalue weighted by molar-refractivity contribution is 7.98. The molecule has 0 aliphatic rings. The number of hydrogen-bond donors (Lipinski definition) is 1. The second-order valence-electron chi connectivity index (χ2n) is 6.66. The summed E-state index contributed by atoms with van der Waals surface area (Å²) in [6.07, 6.45) is -3.29. The van der Waals surface area contributed by atoms with Crippen molar-refractivity contribution in [3.05, 3.63) is 88.1 Å². The lowest BCUT2D eigenvalue weighted by Crippen LogP contribution is -2.24. The lowest BCUT2D eigenvalue weighted by atomic mass is 10.1. The number of nitrogens with one attached hydrogen (secondary N) is 1. The number of rotatable bonds is 7. The fourth-order valence-corrected chi connectivity index (χ4v) is 3.78. The molecule has 0 saturated heterocycles. The first kappa shape index (κ1) is 23.4. The second-order valence-corrected chi connectivity index (χ2v) is 7.71. The summed E-state index contributed by atoms with van der Waals surface area (Å²) in [4.78, 5) is 25.5. The molecule has 2 aromatic carbocycles. The lowest BCUT2D eigenvalue weighted by Gasteiger charge is -2.17. The van der Waals surface area contributed by atoms with E-state index in [0.717, 1.165) is 17.0 Å². The summed E-state index contributed by atoms with van der Waals surface area (Å²) in [6.45, 7) is -0.345. The van der Waals surface area contributed by atoms with Crippen molar-refractivity contribution in [3.63, 3.8) is 0 Å². The maximum atomic E-state index is 13.2. The Morgan fingerprint density at radius 1 is 1.12 bits per heavy atom. The fourth-order valence-electron chi connectivity index (χ4n) is 2.89. The van der Waals surface area contributed by atoms with E-state index in [4.69, 9.17) is 4.74 Å². The van der Waals surface area contributed by atoms with Crippen LogP contribution in [0.15, 0.2) is 70.5 Å². The molecule has 3 rings (SSSR count). The van der Waals surface area contributed by atoms with E-state index in [9.17, 15) is 27.2 Å². The number of aromatic nitrogens is 1. The first-order chi connectivity index (χ1) is 15.2. The number of nitrogens with zero attached hydrogens (tertiary/aromatic N) is 1. The van der Waals surface area contributed by atoms with E-state index >= 15 is 0 Å². The monoisotopic (exact) mass is 466 g/mol. The van der Waals surface area contributed by atoms with Gasteiger partial charge in [0, 0.05) is 22.4 Å². The van der Waals surface area contributed by atoms with Crippen LogP contribution in [0, 0.1) is 5.82 Å². The molecule has 1 heterocycles. The van der Waals surface area contributed by atoms with E-state index in [1.165, 1.54) is 60.0 Å². The molecule has 1 N–H and O–H groups in total. The number of ether oxygens (including phenoxy) is 1. The molecule has 0 aliphatic carbocycles. The summed E-state index contributed by atoms with van der Waals surface area (Å²) in [7, 11) is 1.30. The van der Waals surface area contributed by atoms with Gasteiger partial charge in [-0.25, -0.2) is 4.39 Å². The average Bonchev–Trinajstić information content (AvgIpc) is 2.74. The minimum absolute atomic E-state index is 0.0102. The summed E-state index contributed by atoms with van der Waals surface area (Å²) in [6, 6.07) is 11.7. The molecule has 0 spiro atoms. The normalized spacial score (nSPS) is 11.3. The van der Waals surface area contributed by atoms with Crippen LogP contribution in [-0.2, 0) is 23.3 Å². The third-order valence-electron chi connectivity index (χ3n) is 4.42. The molecule has 1 amide bonds. The number of alkyl halides is 3. The molecule has 10 heteroatoms. The van der Waals surface area contributed by atoms with Crippen molar-refractivity contribution in [1.82, 2.24) is 4.57 Å². The number of anilines is 1. The number of benzene rings is 2. The molecule has 5 nitrogen and oxygen atoms in total. The molecule has 0 fully saturated rings. The van der Waals surface area contributed by atoms with Gasteiger partial charge in [0.1, 0.15) is 12.4 Å². The van der Waals surface area contributed by atoms with Gasteiger partial charge in [-0.05, 0) is 36.4 Å². The van der Waals surface area contributed by atoms with E-state index < -0.39 is 23.1 Å². The third-order valence-corrected chi connectivity index (χ3v) is 5.47. The molecule has 1 aromatic heterocycles. The van der Waals surface area contributed by atoms with Crippen molar-refractivity contribution in [1.29, 1.82) is 0 Å². The Balaban J connectivity index is 1.82. The standard InChI is InChI=1S/C22H18F4N2O3S/c1-31-20-11-28(12-21(30)27-18-5-3-2-4-17(18)22(24,25)26)15(10-19(20)29)13-32-16-8-6-14(23)7-9-16/h2-11H,12-13H2,1H3,(H,27,30). The summed E-state index contributed by atoms with van der Waals surface area (Å²) >= 11 is 1.31. The second kappa shape index (κ2) is 9.90. The van der Waals surface area contributed by atoms with Crippen LogP contribution in [0.25, 0.3) is 0 Å². The average molecular weight is 466 g/mol. The highest BCUT2D eigenvalue weighted by atomic mass is 32.2. The van der Waals surface area contributed by atoms with Gasteiger partial charge in [-0.1, -0.05) is 12.1 Å². The zero-order chi connectivity index (χ0) is 23.3. The van der Waals surface area contributed by atoms with Crippen LogP contribution in [0.2, 0.25) is 0 Å². The van der Waals surface area contributed by atoms with Crippen molar-refractivity contribution < 1.29 is 27.1 Å². The van der Waals surface area contributed by atoms with Gasteiger partial charge >= 0.3 is 6.18 Å². The van der Waals surface area contributed by atoms with Crippen molar-refractivity contribution in [3.8, 4) is 5.75 Å². The van der Waals surface area contributed by atoms with Crippen LogP contribution in [0.1, 0.15) is 11.3 Å². The molecule has 3 aromatic rings. The number of methoxy groups -OCH3 is 1. The zero-order valence-electron chi connectivity index (χ0n) is 16.8. The van der Waals surface area contributed by atoms with Crippen molar-refractivity contribution >= 4 is 23.4 Å². The molecular formula is C22H18F4N2O3S. The first-order valence-corrected chi connectivity index (χ1v) is 10.3. The first-order valence-electron chi connectivity index (χ1n) is 9.29. The Morgan fingerprint density at radius 2 is 1.81 bits per heavy atom. The van der Waals surface area contributed by atoms with Crippen molar-refractivity contribution in [2.75, 3.05) is 12.4 Å². The Bertz CT molecular complexity index is 1160. The molecule has 0 atom stereocenters. The molecule has 168 valence electrons. The highest BCUT2D eigenvalue weighted by Crippen LogP contribution is 2.34. The van der Waals surface area contributed by atoms with E-state index in [2.05, 4.69) is 5.32 Å². The summed E-state index contributed by atoms with van der Waals surface area (Å²) < 4.78 is 59.1. The maximum Gasteiger partial charge on any atom is 0.418 e. The van der Waals surface area contributed by atoms with Gasteiger partial charge in [0.15, 0.2) is 5.75 Å². The number of thioether (sulfide) groups is 1. The number of pyridine rings is 1. The maximum absolute atomic E-state index is 13.2. The topological polar surface area (TPSA) is 60.3 Å². The quantitative estimate of drug-likeness (QED) is 0.396. The number of carbonyl (C=O) groups is 1. The fraction of sp³-hybridized carbons (Fsp3) is 0.182. The van der Waals surface area contributed by atoms with Crippen LogP contribution in [0.5, 0.6) is 5.75 Å². The Labute approximate surface area is 185 Å². The number of hydrogen-bond acceptors (Lipinski definition) is 4. The third kappa shape index (κ3) is 5.91. The summed E-state index contributed by atoms with van der Waals surface area (Å²) in [5.74, 6) is -0.840. The molecule has 0 aliphatic heterocycles. The van der Waals surface area contributed by atoms with Gasteiger partial charge in [-0.15, -0.1) is 11.8 Å². The number of amides is 1. The number of carbonyl (C=O) groups excluding carboxylic acids is 1. The van der Waals surface area contributed by atoms with Gasteiger partial charge in [0.2, 0.25) is 11.3 Å². The molecule has 0 unspecified atom stereocenters. The van der Waals surface area contributed by atoms with Crippen LogP contribution in [-0.4, -0.2) is 17.6 Å². The van der Waals surface area contributed by atoms with E-state index in [-0.39, 0.29) is 29.6 Å². The smallest absolute Gasteiger partial charge is 0.418 e. The lowest BCUT2D eigenvalue weighted by molar-refractivity contribution is -0.137. The van der Waals surface area contributed by atoms with Crippen LogP contribution in [0.3, 0.4) is 0 Å². The van der Waals surface area contributed by atoms with Crippen molar-refractivity contribution in [2.24, 2.45) is 0 Å². The molecule has 32 heavy (non-hydrogen) atoms. The number of halogens is 4. The minimum Gasteiger partial charge on any atom is -0.491 e. The minimum atomic E-state index is -4.62. The van der Waals surface area contributed by atoms with Crippen LogP contribution < -0.4 is 15.5 Å². The predicted molar refractivity (Wildman–Crippen MR) is 113 cm³/mol. The number of para-hydroxylation sites is 1. The van der Waals surface area contributed by atoms with E-state index in [0.29, 0.717) is 5.69 Å². The molecule has 0 saturated carbocycles. The van der Waals surface area contributed by atoms with E-state index in [1.54, 1.807) is 12.1 Å². The highest BCUT2D eigenvalue weighted by Gasteiger charge is 2.33. The molecule has 0 bridgehead atoms. The van der Waals surface area contributed by atoms with Crippen LogP contribution >= 0.6 is 11.8 Å². The molecular weight excluding hydrogens is 448 g/mol. The summed E-state index contributed by atoms with van der Waals surface area (Å²) in [5.41, 5.74) is -1.27. The SMILES string of the molecule is COc1cn(CC(=O)Nc2ccccc2C(F)(F)F)c(CSc2ccc(F)cc2)cc1=O. The van der Waals surface area contributed by atoms with Gasteiger partial charge in [-0.3, -0.25) is 9.59 Å². The van der Waals surface area contributed by atoms with Gasteiger partial charge in [0.25, 0.3) is 0 Å². The van der Waals surface area contributed by atoms with Crippen LogP contribution in [0.4, 0.5) is 23.2 Å². The largest absolute Gasteiger partial charge is 0.491 e. The Kier molecular flexibility index (Phi) is 7.24. The zero-order valence-corrected chi connectivity index (χ0v) is 17.6. The van der Waals surface area contributed by atoms with Gasteiger partial charge in [-0.2, -0.15) is 13.2 Å². The van der Waals surface area contributed by atoms with Gasteiger partial charge in [0.05, 0.1) is 24.6 Å². The Morgan fingerprint density at radius 3 is 2.47 bits per heavy atom. The van der Waals surface area contributed by atoms with Gasteiger partial charge < -0.3 is 14.6 Å². The molecule has 0 radical (unpaired) electrons.